The second-order valence-electron chi connectivity index (χ2n) is 4.70. The molecule has 14 heteroatoms. The summed E-state index contributed by atoms with van der Waals surface area (Å²) in [6.07, 6.45) is 0.332. The SMILES string of the molecule is NC(N)=NCCOCCCCOC(=O)NCC(NS(=O)(=O)P)C(=O)O. The quantitative estimate of drug-likeness (QED) is 0.0998. The smallest absolute Gasteiger partial charge is 0.407 e. The number of aliphatic carboxylic acids is 1. The topological polar surface area (TPSA) is 195 Å². The number of alkyl carbamates (subject to hydrolysis) is 1. The zero-order chi connectivity index (χ0) is 19.3. The number of hydrogen-bond donors (Lipinski definition) is 5. The third kappa shape index (κ3) is 15.6. The lowest BCUT2D eigenvalue weighted by atomic mass is 10.3. The summed E-state index contributed by atoms with van der Waals surface area (Å²) in [5.41, 5.74) is 10.3. The highest BCUT2D eigenvalue weighted by Gasteiger charge is 2.22. The molecule has 12 nitrogen and oxygen atoms in total. The van der Waals surface area contributed by atoms with Crippen LogP contribution in [0.2, 0.25) is 0 Å². The molecule has 0 aliphatic rings. The first-order valence-corrected chi connectivity index (χ1v) is 10.1. The molecule has 0 aliphatic carbocycles. The number of guanidine groups is 1. The largest absolute Gasteiger partial charge is 0.480 e. The summed E-state index contributed by atoms with van der Waals surface area (Å²) in [6.45, 7) is 0.849. The van der Waals surface area contributed by atoms with Crippen LogP contribution in [0.1, 0.15) is 12.8 Å². The minimum Gasteiger partial charge on any atom is -0.480 e. The minimum atomic E-state index is -3.80. The first-order valence-electron chi connectivity index (χ1n) is 7.18. The lowest BCUT2D eigenvalue weighted by Crippen LogP contribution is -2.47. The molecule has 146 valence electrons. The Hall–Kier alpha value is -1.69. The van der Waals surface area contributed by atoms with Crippen LogP contribution >= 0.6 is 8.44 Å². The third-order valence-corrected chi connectivity index (χ3v) is 3.52. The van der Waals surface area contributed by atoms with Crippen molar-refractivity contribution in [3.63, 3.8) is 0 Å². The maximum absolute atomic E-state index is 11.4. The molecule has 2 atom stereocenters. The predicted octanol–water partition coefficient (Wildman–Crippen LogP) is -2.05. The molecule has 0 spiro atoms. The Morgan fingerprint density at radius 2 is 1.84 bits per heavy atom. The van der Waals surface area contributed by atoms with Crippen molar-refractivity contribution < 1.29 is 32.6 Å². The number of amides is 1. The Labute approximate surface area is 147 Å². The third-order valence-electron chi connectivity index (χ3n) is 2.50. The number of carbonyl (C=O) groups is 2. The molecule has 0 aromatic heterocycles. The van der Waals surface area contributed by atoms with Crippen LogP contribution in [0.25, 0.3) is 0 Å². The number of carboxylic acid groups (broad SMARTS) is 1. The summed E-state index contributed by atoms with van der Waals surface area (Å²) < 4.78 is 33.9. The van der Waals surface area contributed by atoms with Crippen molar-refractivity contribution in [3.05, 3.63) is 0 Å². The summed E-state index contributed by atoms with van der Waals surface area (Å²) in [6, 6.07) is -1.49. The molecule has 25 heavy (non-hydrogen) atoms. The summed E-state index contributed by atoms with van der Waals surface area (Å²) in [7, 11) is -2.33. The molecule has 0 saturated heterocycles. The van der Waals surface area contributed by atoms with Crippen molar-refractivity contribution in [2.45, 2.75) is 18.9 Å². The number of carboxylic acids is 1. The average molecular weight is 401 g/mol. The minimum absolute atomic E-state index is 0.00126. The van der Waals surface area contributed by atoms with Crippen molar-refractivity contribution in [1.82, 2.24) is 10.0 Å². The normalized spacial score (nSPS) is 12.2. The molecule has 0 aromatic carbocycles. The lowest BCUT2D eigenvalue weighted by Gasteiger charge is -2.13. The van der Waals surface area contributed by atoms with Crippen LogP contribution in [0.5, 0.6) is 0 Å². The van der Waals surface area contributed by atoms with Gasteiger partial charge in [-0.1, -0.05) is 0 Å². The van der Waals surface area contributed by atoms with Crippen LogP contribution in [-0.4, -0.2) is 70.5 Å². The molecular weight excluding hydrogens is 377 g/mol. The van der Waals surface area contributed by atoms with Gasteiger partial charge in [-0.15, -0.1) is 0 Å². The van der Waals surface area contributed by atoms with E-state index >= 15 is 0 Å². The summed E-state index contributed by atoms with van der Waals surface area (Å²) in [4.78, 5) is 26.0. The fourth-order valence-electron chi connectivity index (χ4n) is 1.43. The first-order chi connectivity index (χ1) is 11.6. The van der Waals surface area contributed by atoms with Crippen LogP contribution in [0.4, 0.5) is 4.79 Å². The Balaban J connectivity index is 3.76. The molecule has 0 saturated carbocycles. The molecule has 0 fully saturated rings. The molecular formula is C11H24N5O7PS. The van der Waals surface area contributed by atoms with Gasteiger partial charge in [-0.2, -0.15) is 4.72 Å². The fourth-order valence-corrected chi connectivity index (χ4v) is 2.50. The van der Waals surface area contributed by atoms with Crippen molar-refractivity contribution in [1.29, 1.82) is 0 Å². The number of hydrogen-bond acceptors (Lipinski definition) is 7. The van der Waals surface area contributed by atoms with Gasteiger partial charge in [0.05, 0.1) is 19.8 Å². The van der Waals surface area contributed by atoms with E-state index in [1.807, 2.05) is 4.72 Å². The van der Waals surface area contributed by atoms with E-state index < -0.39 is 34.3 Å². The number of unbranched alkanes of at least 4 members (excludes halogenated alkanes) is 1. The molecule has 0 heterocycles. The van der Waals surface area contributed by atoms with E-state index in [9.17, 15) is 18.0 Å². The van der Waals surface area contributed by atoms with Gasteiger partial charge in [-0.25, -0.2) is 13.2 Å². The van der Waals surface area contributed by atoms with E-state index in [1.54, 1.807) is 0 Å². The van der Waals surface area contributed by atoms with Crippen molar-refractivity contribution >= 4 is 36.1 Å². The van der Waals surface area contributed by atoms with E-state index in [-0.39, 0.29) is 12.6 Å². The van der Waals surface area contributed by atoms with Crippen LogP contribution < -0.4 is 21.5 Å². The number of carbonyl (C=O) groups excluding carboxylic acids is 1. The second kappa shape index (κ2) is 12.6. The van der Waals surface area contributed by atoms with Crippen molar-refractivity contribution in [2.75, 3.05) is 32.9 Å². The van der Waals surface area contributed by atoms with Crippen LogP contribution in [0.15, 0.2) is 4.99 Å². The lowest BCUT2D eigenvalue weighted by molar-refractivity contribution is -0.138. The van der Waals surface area contributed by atoms with Gasteiger partial charge < -0.3 is 31.4 Å². The van der Waals surface area contributed by atoms with Gasteiger partial charge in [0.2, 0.25) is 9.64 Å². The molecule has 1 amide bonds. The second-order valence-corrected chi connectivity index (χ2v) is 7.88. The zero-order valence-corrected chi connectivity index (χ0v) is 15.5. The summed E-state index contributed by atoms with van der Waals surface area (Å²) in [5, 5.41) is 11.0. The summed E-state index contributed by atoms with van der Waals surface area (Å²) in [5.74, 6) is -1.43. The van der Waals surface area contributed by atoms with Crippen molar-refractivity contribution in [3.8, 4) is 0 Å². The molecule has 7 N–H and O–H groups in total. The number of rotatable bonds is 13. The van der Waals surface area contributed by atoms with E-state index in [4.69, 9.17) is 26.0 Å². The highest BCUT2D eigenvalue weighted by Crippen LogP contribution is 1.98. The van der Waals surface area contributed by atoms with Gasteiger partial charge in [0.1, 0.15) is 6.04 Å². The van der Waals surface area contributed by atoms with Gasteiger partial charge in [0, 0.05) is 21.6 Å². The van der Waals surface area contributed by atoms with E-state index in [0.717, 1.165) is 0 Å². The fraction of sp³-hybridized carbons (Fsp3) is 0.727. The van der Waals surface area contributed by atoms with Gasteiger partial charge in [0.25, 0.3) is 0 Å². The monoisotopic (exact) mass is 401 g/mol. The number of nitrogens with one attached hydrogen (secondary N) is 2. The first kappa shape index (κ1) is 23.3. The standard InChI is InChI=1S/C11H24N5O7PS/c12-10(13)14-3-6-22-4-1-2-5-23-11(19)15-7-8(9(17)18)16-25(20,21)24/h8,16H,1-7,24H2,(H,15,19)(H,17,18)(H4,12,13,14). The molecule has 0 aromatic rings. The Kier molecular flexibility index (Phi) is 11.8. The summed E-state index contributed by atoms with van der Waals surface area (Å²) >= 11 is 0. The Morgan fingerprint density at radius 3 is 2.40 bits per heavy atom. The Bertz CT molecular complexity index is 553. The van der Waals surface area contributed by atoms with E-state index in [2.05, 4.69) is 10.3 Å². The number of nitrogens with zero attached hydrogens (tertiary/aromatic N) is 1. The van der Waals surface area contributed by atoms with Crippen LogP contribution in [0, 0.1) is 0 Å². The van der Waals surface area contributed by atoms with Gasteiger partial charge >= 0.3 is 12.1 Å². The Morgan fingerprint density at radius 1 is 1.20 bits per heavy atom. The maximum Gasteiger partial charge on any atom is 0.407 e. The average Bonchev–Trinajstić information content (AvgIpc) is 2.48. The number of aliphatic imine (C=N–C) groups is 1. The molecule has 0 radical (unpaired) electrons. The van der Waals surface area contributed by atoms with E-state index in [1.165, 1.54) is 8.44 Å². The molecule has 0 aliphatic heterocycles. The highest BCUT2D eigenvalue weighted by molar-refractivity contribution is 8.36. The van der Waals surface area contributed by atoms with Crippen LogP contribution in [0.3, 0.4) is 0 Å². The van der Waals surface area contributed by atoms with Crippen molar-refractivity contribution in [2.24, 2.45) is 16.5 Å². The maximum atomic E-state index is 11.4. The highest BCUT2D eigenvalue weighted by atomic mass is 32.7. The van der Waals surface area contributed by atoms with Gasteiger partial charge in [0.15, 0.2) is 5.96 Å². The van der Waals surface area contributed by atoms with Gasteiger partial charge in [-0.05, 0) is 12.8 Å². The van der Waals surface area contributed by atoms with E-state index in [0.29, 0.717) is 32.6 Å². The zero-order valence-electron chi connectivity index (χ0n) is 13.5. The molecule has 0 bridgehead atoms. The molecule has 2 unspecified atom stereocenters. The van der Waals surface area contributed by atoms with Crippen LogP contribution in [-0.2, 0) is 23.9 Å². The number of ether oxygens (including phenoxy) is 2. The number of nitrogens with two attached hydrogens (primary N) is 2. The molecule has 0 rings (SSSR count). The predicted molar refractivity (Wildman–Crippen MR) is 93.3 cm³/mol. The van der Waals surface area contributed by atoms with Gasteiger partial charge in [-0.3, -0.25) is 9.79 Å².